The summed E-state index contributed by atoms with van der Waals surface area (Å²) in [6.07, 6.45) is 7.98. The third-order valence-electron chi connectivity index (χ3n) is 4.60. The number of nitrogens with zero attached hydrogens (tertiary/aromatic N) is 1. The molecule has 0 unspecified atom stereocenters. The maximum absolute atomic E-state index is 11.5. The molecule has 0 saturated carbocycles. The lowest BCUT2D eigenvalue weighted by Crippen LogP contribution is -2.55. The molecule has 90 valence electrons. The molecule has 3 aliphatic heterocycles. The van der Waals surface area contributed by atoms with E-state index in [0.29, 0.717) is 6.04 Å². The molecule has 4 nitrogen and oxygen atoms in total. The fourth-order valence-electron chi connectivity index (χ4n) is 3.99. The summed E-state index contributed by atoms with van der Waals surface area (Å²) in [6.45, 7) is 0.989. The van der Waals surface area contributed by atoms with Crippen molar-refractivity contribution in [1.29, 1.82) is 0 Å². The van der Waals surface area contributed by atoms with Crippen LogP contribution in [0.2, 0.25) is 0 Å². The van der Waals surface area contributed by atoms with E-state index in [-0.39, 0.29) is 18.1 Å². The van der Waals surface area contributed by atoms with Crippen molar-refractivity contribution in [3.63, 3.8) is 0 Å². The van der Waals surface area contributed by atoms with E-state index in [1.165, 1.54) is 0 Å². The van der Waals surface area contributed by atoms with Gasteiger partial charge in [-0.15, -0.1) is 0 Å². The van der Waals surface area contributed by atoms with Crippen molar-refractivity contribution in [2.24, 2.45) is 0 Å². The van der Waals surface area contributed by atoms with Crippen LogP contribution in [-0.2, 0) is 9.53 Å². The highest BCUT2D eigenvalue weighted by Crippen LogP contribution is 2.51. The van der Waals surface area contributed by atoms with E-state index in [9.17, 15) is 9.90 Å². The van der Waals surface area contributed by atoms with Crippen LogP contribution in [0.4, 0.5) is 0 Å². The second kappa shape index (κ2) is 3.00. The van der Waals surface area contributed by atoms with Crippen molar-refractivity contribution in [1.82, 2.24) is 4.90 Å². The van der Waals surface area contributed by atoms with E-state index >= 15 is 0 Å². The Balaban J connectivity index is 1.85. The van der Waals surface area contributed by atoms with Gasteiger partial charge in [-0.2, -0.15) is 0 Å². The van der Waals surface area contributed by atoms with Gasteiger partial charge in [0.2, 0.25) is 0 Å². The van der Waals surface area contributed by atoms with Crippen LogP contribution < -0.4 is 0 Å². The van der Waals surface area contributed by atoms with E-state index in [0.717, 1.165) is 31.4 Å². The smallest absolute Gasteiger partial charge is 0.332 e. The van der Waals surface area contributed by atoms with Crippen LogP contribution >= 0.6 is 0 Å². The minimum atomic E-state index is -0.559. The summed E-state index contributed by atoms with van der Waals surface area (Å²) in [5.41, 5.74) is 0.392. The predicted octanol–water partition coefficient (Wildman–Crippen LogP) is 0.376. The van der Waals surface area contributed by atoms with Crippen LogP contribution in [0.3, 0.4) is 0 Å². The van der Waals surface area contributed by atoms with Crippen LogP contribution in [0.25, 0.3) is 0 Å². The SMILES string of the molecule is O=C1C=C2C=C[C@H]3C[C@]2(O1)[C@H]1[C@@H](O)CCCN31. The Labute approximate surface area is 99.5 Å². The zero-order valence-electron chi connectivity index (χ0n) is 9.50. The molecule has 1 spiro atoms. The fourth-order valence-corrected chi connectivity index (χ4v) is 3.99. The number of hydrogen-bond donors (Lipinski definition) is 1. The number of carbonyl (C=O) groups excluding carboxylic acids is 1. The van der Waals surface area contributed by atoms with E-state index in [4.69, 9.17) is 4.74 Å². The van der Waals surface area contributed by atoms with Crippen LogP contribution in [0.15, 0.2) is 23.8 Å². The molecule has 0 radical (unpaired) electrons. The maximum atomic E-state index is 11.5. The summed E-state index contributed by atoms with van der Waals surface area (Å²) in [5.74, 6) is -0.259. The molecule has 2 saturated heterocycles. The standard InChI is InChI=1S/C13H15NO3/c15-10-2-1-5-14-9-4-3-8-6-11(16)17-13(8,7-9)12(10)14/h3-4,6,9-10,12,15H,1-2,5,7H2/t9-,10-,12+,13+/m0/s1. The molecule has 0 amide bonds. The molecule has 4 aliphatic rings. The van der Waals surface area contributed by atoms with Crippen LogP contribution in [0.5, 0.6) is 0 Å². The summed E-state index contributed by atoms with van der Waals surface area (Å²) < 4.78 is 5.60. The molecule has 2 bridgehead atoms. The lowest BCUT2D eigenvalue weighted by molar-refractivity contribution is -0.152. The molecule has 0 aromatic carbocycles. The van der Waals surface area contributed by atoms with Crippen molar-refractivity contribution in [2.45, 2.75) is 43.1 Å². The first kappa shape index (κ1) is 9.85. The second-order valence-electron chi connectivity index (χ2n) is 5.43. The van der Waals surface area contributed by atoms with Gasteiger partial charge in [-0.05, 0) is 19.4 Å². The van der Waals surface area contributed by atoms with E-state index in [1.807, 2.05) is 6.08 Å². The molecule has 1 N–H and O–H groups in total. The molecule has 4 heteroatoms. The topological polar surface area (TPSA) is 49.8 Å². The van der Waals surface area contributed by atoms with Gasteiger partial charge in [-0.1, -0.05) is 12.2 Å². The summed E-state index contributed by atoms with van der Waals surface area (Å²) in [4.78, 5) is 13.9. The van der Waals surface area contributed by atoms with Crippen molar-refractivity contribution in [3.8, 4) is 0 Å². The monoisotopic (exact) mass is 233 g/mol. The Morgan fingerprint density at radius 3 is 3.29 bits per heavy atom. The van der Waals surface area contributed by atoms with Gasteiger partial charge in [0, 0.05) is 24.1 Å². The molecule has 3 heterocycles. The van der Waals surface area contributed by atoms with Gasteiger partial charge in [0.1, 0.15) is 0 Å². The Morgan fingerprint density at radius 1 is 1.53 bits per heavy atom. The zero-order valence-corrected chi connectivity index (χ0v) is 9.50. The van der Waals surface area contributed by atoms with Gasteiger partial charge < -0.3 is 9.84 Å². The first-order valence-electron chi connectivity index (χ1n) is 6.28. The molecule has 2 fully saturated rings. The van der Waals surface area contributed by atoms with Gasteiger partial charge in [-0.3, -0.25) is 4.90 Å². The molecule has 17 heavy (non-hydrogen) atoms. The molecule has 1 aliphatic carbocycles. The Hall–Kier alpha value is -1.13. The van der Waals surface area contributed by atoms with E-state index in [2.05, 4.69) is 11.0 Å². The summed E-state index contributed by atoms with van der Waals surface area (Å²) in [7, 11) is 0. The number of fused-ring (bicyclic) bond motifs is 3. The number of carbonyl (C=O) groups is 1. The van der Waals surface area contributed by atoms with Crippen LogP contribution in [-0.4, -0.2) is 46.3 Å². The highest BCUT2D eigenvalue weighted by atomic mass is 16.6. The van der Waals surface area contributed by atoms with Crippen LogP contribution in [0.1, 0.15) is 19.3 Å². The second-order valence-corrected chi connectivity index (χ2v) is 5.43. The van der Waals surface area contributed by atoms with E-state index < -0.39 is 5.60 Å². The minimum absolute atomic E-state index is 0.0473. The molecular weight excluding hydrogens is 218 g/mol. The number of rotatable bonds is 0. The predicted molar refractivity (Wildman–Crippen MR) is 60.2 cm³/mol. The number of hydrogen-bond acceptors (Lipinski definition) is 4. The van der Waals surface area contributed by atoms with Gasteiger partial charge in [0.25, 0.3) is 0 Å². The highest BCUT2D eigenvalue weighted by molar-refractivity contribution is 5.88. The van der Waals surface area contributed by atoms with Gasteiger partial charge in [-0.25, -0.2) is 4.79 Å². The summed E-state index contributed by atoms with van der Waals surface area (Å²) >= 11 is 0. The zero-order chi connectivity index (χ0) is 11.6. The lowest BCUT2D eigenvalue weighted by Gasteiger charge is -2.41. The number of aliphatic hydroxyl groups excluding tert-OH is 1. The van der Waals surface area contributed by atoms with Gasteiger partial charge in [0.05, 0.1) is 12.1 Å². The Bertz CT molecular complexity index is 456. The average Bonchev–Trinajstić information content (AvgIpc) is 2.76. The lowest BCUT2D eigenvalue weighted by atomic mass is 9.79. The van der Waals surface area contributed by atoms with Crippen molar-refractivity contribution < 1.29 is 14.6 Å². The minimum Gasteiger partial charge on any atom is -0.449 e. The molecule has 0 aromatic heterocycles. The fraction of sp³-hybridized carbons (Fsp3) is 0.615. The Morgan fingerprint density at radius 2 is 2.41 bits per heavy atom. The highest BCUT2D eigenvalue weighted by Gasteiger charge is 2.62. The first-order chi connectivity index (χ1) is 8.21. The van der Waals surface area contributed by atoms with Crippen molar-refractivity contribution in [2.75, 3.05) is 6.54 Å². The number of esters is 1. The van der Waals surface area contributed by atoms with Gasteiger partial charge >= 0.3 is 5.97 Å². The van der Waals surface area contributed by atoms with Crippen molar-refractivity contribution in [3.05, 3.63) is 23.8 Å². The summed E-state index contributed by atoms with van der Waals surface area (Å²) in [5, 5.41) is 10.3. The van der Waals surface area contributed by atoms with Gasteiger partial charge in [0.15, 0.2) is 5.60 Å². The number of aliphatic hydroxyl groups is 1. The Kier molecular flexibility index (Phi) is 1.74. The maximum Gasteiger partial charge on any atom is 0.332 e. The molecule has 4 atom stereocenters. The average molecular weight is 233 g/mol. The molecule has 0 aromatic rings. The summed E-state index contributed by atoms with van der Waals surface area (Å²) in [6, 6.07) is 0.270. The largest absolute Gasteiger partial charge is 0.449 e. The normalized spacial score (nSPS) is 47.5. The first-order valence-corrected chi connectivity index (χ1v) is 6.28. The van der Waals surface area contributed by atoms with E-state index in [1.54, 1.807) is 6.08 Å². The number of ether oxygens (including phenoxy) is 1. The van der Waals surface area contributed by atoms with Crippen molar-refractivity contribution >= 4 is 5.97 Å². The number of piperidine rings is 1. The quantitative estimate of drug-likeness (QED) is 0.614. The molecular formula is C13H15NO3. The third kappa shape index (κ3) is 1.07. The molecule has 4 rings (SSSR count). The third-order valence-corrected chi connectivity index (χ3v) is 4.60. The van der Waals surface area contributed by atoms with Crippen LogP contribution in [0, 0.1) is 0 Å².